The van der Waals surface area contributed by atoms with Gasteiger partial charge in [0.05, 0.1) is 5.41 Å². The normalized spacial score (nSPS) is 16.7. The predicted molar refractivity (Wildman–Crippen MR) is 85.5 cm³/mol. The van der Waals surface area contributed by atoms with Gasteiger partial charge in [-0.05, 0) is 44.4 Å². The molecule has 0 spiro atoms. The molecule has 0 unspecified atom stereocenters. The van der Waals surface area contributed by atoms with Crippen LogP contribution in [0.25, 0.3) is 0 Å². The lowest BCUT2D eigenvalue weighted by molar-refractivity contribution is -0.137. The minimum absolute atomic E-state index is 0. The summed E-state index contributed by atoms with van der Waals surface area (Å²) in [6.45, 7) is 5.45. The molecule has 112 valence electrons. The Kier molecular flexibility index (Phi) is 5.87. The molecule has 1 aromatic carbocycles. The molecular weight excluding hydrogens is 295 g/mol. The van der Waals surface area contributed by atoms with Crippen molar-refractivity contribution in [1.29, 1.82) is 0 Å². The molecule has 3 nitrogen and oxygen atoms in total. The molecule has 0 aromatic heterocycles. The second-order valence-electron chi connectivity index (χ2n) is 5.76. The van der Waals surface area contributed by atoms with Gasteiger partial charge in [0.25, 0.3) is 0 Å². The number of halogens is 2. The maximum Gasteiger partial charge on any atom is 0.232 e. The first-order valence-corrected chi connectivity index (χ1v) is 7.10. The standard InChI is InChI=1S/C15H21ClN2O.ClH/c1-15(2,11-3-5-12(16)6-4-11)14(19)18-9-7-13(17)8-10-18;/h3-6,13H,7-10,17H2,1-2H3;1H. The predicted octanol–water partition coefficient (Wildman–Crippen LogP) is 2.99. The van der Waals surface area contributed by atoms with Crippen LogP contribution in [0, 0.1) is 0 Å². The van der Waals surface area contributed by atoms with E-state index in [9.17, 15) is 4.79 Å². The molecule has 1 aromatic rings. The van der Waals surface area contributed by atoms with Crippen LogP contribution in [-0.2, 0) is 10.2 Å². The fraction of sp³-hybridized carbons (Fsp3) is 0.533. The van der Waals surface area contributed by atoms with Gasteiger partial charge in [-0.1, -0.05) is 23.7 Å². The molecule has 1 aliphatic heterocycles. The van der Waals surface area contributed by atoms with E-state index in [0.717, 1.165) is 31.5 Å². The third kappa shape index (κ3) is 3.66. The number of hydrogen-bond donors (Lipinski definition) is 1. The maximum atomic E-state index is 12.7. The van der Waals surface area contributed by atoms with Crippen molar-refractivity contribution in [3.8, 4) is 0 Å². The Labute approximate surface area is 131 Å². The molecule has 1 heterocycles. The van der Waals surface area contributed by atoms with Crippen molar-refractivity contribution >= 4 is 29.9 Å². The van der Waals surface area contributed by atoms with Crippen molar-refractivity contribution in [3.05, 3.63) is 34.9 Å². The molecule has 1 aliphatic rings. The summed E-state index contributed by atoms with van der Waals surface area (Å²) >= 11 is 5.90. The highest BCUT2D eigenvalue weighted by atomic mass is 35.5. The van der Waals surface area contributed by atoms with Crippen LogP contribution in [0.3, 0.4) is 0 Å². The van der Waals surface area contributed by atoms with E-state index in [4.69, 9.17) is 17.3 Å². The maximum absolute atomic E-state index is 12.7. The highest BCUT2D eigenvalue weighted by Crippen LogP contribution is 2.28. The molecular formula is C15H22Cl2N2O. The lowest BCUT2D eigenvalue weighted by atomic mass is 9.82. The fourth-order valence-electron chi connectivity index (χ4n) is 2.49. The van der Waals surface area contributed by atoms with E-state index in [1.54, 1.807) is 0 Å². The Morgan fingerprint density at radius 3 is 2.25 bits per heavy atom. The molecule has 0 atom stereocenters. The van der Waals surface area contributed by atoms with Gasteiger partial charge in [-0.2, -0.15) is 0 Å². The van der Waals surface area contributed by atoms with Gasteiger partial charge in [-0.15, -0.1) is 12.4 Å². The number of carbonyl (C=O) groups is 1. The van der Waals surface area contributed by atoms with Crippen molar-refractivity contribution in [3.63, 3.8) is 0 Å². The Morgan fingerprint density at radius 2 is 1.75 bits per heavy atom. The zero-order valence-electron chi connectivity index (χ0n) is 11.9. The molecule has 20 heavy (non-hydrogen) atoms. The summed E-state index contributed by atoms with van der Waals surface area (Å²) < 4.78 is 0. The molecule has 2 rings (SSSR count). The number of rotatable bonds is 2. The van der Waals surface area contributed by atoms with Gasteiger partial charge < -0.3 is 10.6 Å². The second-order valence-corrected chi connectivity index (χ2v) is 6.20. The van der Waals surface area contributed by atoms with Gasteiger partial charge >= 0.3 is 0 Å². The summed E-state index contributed by atoms with van der Waals surface area (Å²) in [5.41, 5.74) is 6.36. The molecule has 5 heteroatoms. The average molecular weight is 317 g/mol. The molecule has 0 bridgehead atoms. The SMILES string of the molecule is CC(C)(C(=O)N1CCC(N)CC1)c1ccc(Cl)cc1.Cl. The highest BCUT2D eigenvalue weighted by molar-refractivity contribution is 6.30. The second kappa shape index (κ2) is 6.79. The van der Waals surface area contributed by atoms with Crippen LogP contribution in [0.2, 0.25) is 5.02 Å². The first kappa shape index (κ1) is 17.3. The number of likely N-dealkylation sites (tertiary alicyclic amines) is 1. The van der Waals surface area contributed by atoms with Crippen molar-refractivity contribution < 1.29 is 4.79 Å². The quantitative estimate of drug-likeness (QED) is 0.911. The first-order valence-electron chi connectivity index (χ1n) is 6.72. The monoisotopic (exact) mass is 316 g/mol. The van der Waals surface area contributed by atoms with Gasteiger partial charge in [0.15, 0.2) is 0 Å². The van der Waals surface area contributed by atoms with E-state index in [1.165, 1.54) is 0 Å². The number of hydrogen-bond acceptors (Lipinski definition) is 2. The molecule has 0 saturated carbocycles. The number of nitrogens with zero attached hydrogens (tertiary/aromatic N) is 1. The molecule has 0 radical (unpaired) electrons. The Bertz CT molecular complexity index is 451. The van der Waals surface area contributed by atoms with Crippen molar-refractivity contribution in [1.82, 2.24) is 4.90 Å². The summed E-state index contributed by atoms with van der Waals surface area (Å²) in [5.74, 6) is 0.168. The summed E-state index contributed by atoms with van der Waals surface area (Å²) in [6, 6.07) is 7.75. The lowest BCUT2D eigenvalue weighted by Gasteiger charge is -2.36. The number of amides is 1. The van der Waals surface area contributed by atoms with Crippen LogP contribution in [0.15, 0.2) is 24.3 Å². The van der Waals surface area contributed by atoms with Crippen LogP contribution in [0.1, 0.15) is 32.3 Å². The summed E-state index contributed by atoms with van der Waals surface area (Å²) in [4.78, 5) is 14.6. The third-order valence-electron chi connectivity index (χ3n) is 3.93. The Balaban J connectivity index is 0.00000200. The van der Waals surface area contributed by atoms with Crippen LogP contribution in [-0.4, -0.2) is 29.9 Å². The number of piperidine rings is 1. The topological polar surface area (TPSA) is 46.3 Å². The average Bonchev–Trinajstić information content (AvgIpc) is 2.39. The zero-order chi connectivity index (χ0) is 14.0. The molecule has 0 aliphatic carbocycles. The number of nitrogens with two attached hydrogens (primary N) is 1. The summed E-state index contributed by atoms with van der Waals surface area (Å²) in [6.07, 6.45) is 1.78. The van der Waals surface area contributed by atoms with E-state index in [1.807, 2.05) is 43.0 Å². The zero-order valence-corrected chi connectivity index (χ0v) is 13.5. The molecule has 2 N–H and O–H groups in total. The van der Waals surface area contributed by atoms with Gasteiger partial charge in [0.1, 0.15) is 0 Å². The van der Waals surface area contributed by atoms with Gasteiger partial charge in [0, 0.05) is 24.2 Å². The minimum Gasteiger partial charge on any atom is -0.342 e. The largest absolute Gasteiger partial charge is 0.342 e. The fourth-order valence-corrected chi connectivity index (χ4v) is 2.61. The summed E-state index contributed by atoms with van der Waals surface area (Å²) in [7, 11) is 0. The highest BCUT2D eigenvalue weighted by Gasteiger charge is 2.34. The lowest BCUT2D eigenvalue weighted by Crippen LogP contribution is -2.49. The van der Waals surface area contributed by atoms with E-state index in [-0.39, 0.29) is 24.4 Å². The van der Waals surface area contributed by atoms with Crippen molar-refractivity contribution in [2.75, 3.05) is 13.1 Å². The van der Waals surface area contributed by atoms with Gasteiger partial charge in [-0.25, -0.2) is 0 Å². The minimum atomic E-state index is -0.522. The molecule has 1 amide bonds. The van der Waals surface area contributed by atoms with Crippen LogP contribution < -0.4 is 5.73 Å². The Hall–Kier alpha value is -0.770. The molecule has 1 fully saturated rings. The van der Waals surface area contributed by atoms with Gasteiger partial charge in [-0.3, -0.25) is 4.79 Å². The summed E-state index contributed by atoms with van der Waals surface area (Å²) in [5, 5.41) is 0.691. The van der Waals surface area contributed by atoms with Crippen LogP contribution in [0.4, 0.5) is 0 Å². The van der Waals surface area contributed by atoms with Crippen LogP contribution in [0.5, 0.6) is 0 Å². The number of benzene rings is 1. The van der Waals surface area contributed by atoms with Crippen molar-refractivity contribution in [2.24, 2.45) is 5.73 Å². The molecule has 1 saturated heterocycles. The van der Waals surface area contributed by atoms with E-state index < -0.39 is 5.41 Å². The number of carbonyl (C=O) groups excluding carboxylic acids is 1. The van der Waals surface area contributed by atoms with E-state index in [0.29, 0.717) is 5.02 Å². The van der Waals surface area contributed by atoms with Crippen molar-refractivity contribution in [2.45, 2.75) is 38.1 Å². The van der Waals surface area contributed by atoms with Crippen LogP contribution >= 0.6 is 24.0 Å². The van der Waals surface area contributed by atoms with Gasteiger partial charge in [0.2, 0.25) is 5.91 Å². The smallest absolute Gasteiger partial charge is 0.232 e. The Morgan fingerprint density at radius 1 is 1.25 bits per heavy atom. The van der Waals surface area contributed by atoms with E-state index >= 15 is 0 Å². The first-order chi connectivity index (χ1) is 8.91. The van der Waals surface area contributed by atoms with E-state index in [2.05, 4.69) is 0 Å². The third-order valence-corrected chi connectivity index (χ3v) is 4.18.